The standard InChI is InChI=1S/C27H25N3O3/c1-2-33-21-15-13-20(14-16-21)29-26(31)18-24(27(29)32)30-23-11-7-6-10-22(23)28-25(30)17-12-19-8-4-3-5-9-19/h3-11,13-16,24H,2,12,17-18H2,1H3. The molecule has 5 rings (SSSR count). The molecule has 0 aliphatic carbocycles. The molecule has 0 radical (unpaired) electrons. The molecule has 1 aliphatic rings. The van der Waals surface area contributed by atoms with Gasteiger partial charge in [-0.2, -0.15) is 0 Å². The van der Waals surface area contributed by atoms with Gasteiger partial charge < -0.3 is 9.30 Å². The Kier molecular flexibility index (Phi) is 5.65. The smallest absolute Gasteiger partial charge is 0.257 e. The van der Waals surface area contributed by atoms with E-state index in [-0.39, 0.29) is 18.2 Å². The number of aromatic nitrogens is 2. The molecule has 6 nitrogen and oxygen atoms in total. The predicted octanol–water partition coefficient (Wildman–Crippen LogP) is 4.72. The van der Waals surface area contributed by atoms with Crippen LogP contribution in [0.5, 0.6) is 5.75 Å². The summed E-state index contributed by atoms with van der Waals surface area (Å²) in [5.74, 6) is 1.09. The van der Waals surface area contributed by atoms with Crippen LogP contribution in [0.4, 0.5) is 5.69 Å². The van der Waals surface area contributed by atoms with Crippen LogP contribution in [0.3, 0.4) is 0 Å². The molecule has 33 heavy (non-hydrogen) atoms. The van der Waals surface area contributed by atoms with Crippen LogP contribution in [0.15, 0.2) is 78.9 Å². The molecule has 1 saturated heterocycles. The topological polar surface area (TPSA) is 64.4 Å². The molecule has 2 amide bonds. The van der Waals surface area contributed by atoms with Gasteiger partial charge >= 0.3 is 0 Å². The highest BCUT2D eigenvalue weighted by Gasteiger charge is 2.42. The van der Waals surface area contributed by atoms with E-state index in [0.717, 1.165) is 23.3 Å². The van der Waals surface area contributed by atoms with Crippen molar-refractivity contribution < 1.29 is 14.3 Å². The zero-order valence-corrected chi connectivity index (χ0v) is 18.5. The fourth-order valence-electron chi connectivity index (χ4n) is 4.47. The number of amides is 2. The molecule has 6 heteroatoms. The maximum Gasteiger partial charge on any atom is 0.257 e. The van der Waals surface area contributed by atoms with Crippen molar-refractivity contribution in [2.24, 2.45) is 0 Å². The van der Waals surface area contributed by atoms with Gasteiger partial charge in [0.05, 0.1) is 29.7 Å². The number of hydrogen-bond donors (Lipinski definition) is 0. The van der Waals surface area contributed by atoms with Crippen molar-refractivity contribution >= 4 is 28.5 Å². The van der Waals surface area contributed by atoms with Crippen LogP contribution >= 0.6 is 0 Å². The second kappa shape index (κ2) is 8.90. The van der Waals surface area contributed by atoms with Crippen molar-refractivity contribution in [3.8, 4) is 5.75 Å². The highest BCUT2D eigenvalue weighted by molar-refractivity contribution is 6.22. The number of para-hydroxylation sites is 2. The Morgan fingerprint density at radius 2 is 1.64 bits per heavy atom. The lowest BCUT2D eigenvalue weighted by molar-refractivity contribution is -0.122. The average Bonchev–Trinajstić information content (AvgIpc) is 3.35. The number of aryl methyl sites for hydroxylation is 2. The Morgan fingerprint density at radius 3 is 2.39 bits per heavy atom. The van der Waals surface area contributed by atoms with E-state index in [1.165, 1.54) is 10.5 Å². The number of nitrogens with zero attached hydrogens (tertiary/aromatic N) is 3. The molecular weight excluding hydrogens is 414 g/mol. The van der Waals surface area contributed by atoms with Gasteiger partial charge in [0.15, 0.2) is 0 Å². The molecule has 4 aromatic rings. The van der Waals surface area contributed by atoms with Gasteiger partial charge in [0.25, 0.3) is 5.91 Å². The lowest BCUT2D eigenvalue weighted by atomic mass is 10.1. The molecule has 3 aromatic carbocycles. The summed E-state index contributed by atoms with van der Waals surface area (Å²) in [5, 5.41) is 0. The van der Waals surface area contributed by atoms with E-state index in [4.69, 9.17) is 9.72 Å². The van der Waals surface area contributed by atoms with E-state index in [9.17, 15) is 9.59 Å². The Hall–Kier alpha value is -3.93. The van der Waals surface area contributed by atoms with E-state index in [1.807, 2.05) is 54.0 Å². The molecule has 0 spiro atoms. The van der Waals surface area contributed by atoms with Crippen molar-refractivity contribution in [1.29, 1.82) is 0 Å². The minimum atomic E-state index is -0.609. The molecule has 0 N–H and O–H groups in total. The van der Waals surface area contributed by atoms with Crippen LogP contribution in [-0.4, -0.2) is 28.0 Å². The van der Waals surface area contributed by atoms with Gasteiger partial charge in [-0.25, -0.2) is 9.88 Å². The summed E-state index contributed by atoms with van der Waals surface area (Å²) in [6.07, 6.45) is 1.60. The number of carbonyl (C=O) groups excluding carboxylic acids is 2. The van der Waals surface area contributed by atoms with E-state index >= 15 is 0 Å². The third-order valence-corrected chi connectivity index (χ3v) is 5.99. The van der Waals surface area contributed by atoms with E-state index in [2.05, 4.69) is 12.1 Å². The number of ether oxygens (including phenoxy) is 1. The van der Waals surface area contributed by atoms with Gasteiger partial charge in [0.2, 0.25) is 5.91 Å². The average molecular weight is 440 g/mol. The number of hydrogen-bond acceptors (Lipinski definition) is 4. The van der Waals surface area contributed by atoms with E-state index < -0.39 is 6.04 Å². The molecule has 166 valence electrons. The van der Waals surface area contributed by atoms with Crippen LogP contribution in [-0.2, 0) is 22.4 Å². The molecule has 1 fully saturated rings. The summed E-state index contributed by atoms with van der Waals surface area (Å²) in [5.41, 5.74) is 3.48. The number of benzene rings is 3. The van der Waals surface area contributed by atoms with Gasteiger partial charge in [0, 0.05) is 6.42 Å². The number of imidazole rings is 1. The number of imide groups is 1. The largest absolute Gasteiger partial charge is 0.494 e. The Morgan fingerprint density at radius 1 is 0.909 bits per heavy atom. The molecule has 2 heterocycles. The molecule has 0 bridgehead atoms. The third kappa shape index (κ3) is 4.00. The summed E-state index contributed by atoms with van der Waals surface area (Å²) >= 11 is 0. The summed E-state index contributed by atoms with van der Waals surface area (Å²) in [6, 6.07) is 24.5. The van der Waals surface area contributed by atoms with Gasteiger partial charge in [-0.3, -0.25) is 9.59 Å². The summed E-state index contributed by atoms with van der Waals surface area (Å²) < 4.78 is 7.45. The third-order valence-electron chi connectivity index (χ3n) is 5.99. The Labute approximate surface area is 192 Å². The molecular formula is C27H25N3O3. The Bertz CT molecular complexity index is 1300. The molecule has 1 aromatic heterocycles. The zero-order chi connectivity index (χ0) is 22.8. The molecule has 1 atom stereocenters. The Balaban J connectivity index is 1.48. The van der Waals surface area contributed by atoms with Crippen molar-refractivity contribution in [3.05, 3.63) is 90.3 Å². The van der Waals surface area contributed by atoms with Crippen LogP contribution < -0.4 is 9.64 Å². The molecule has 0 saturated carbocycles. The van der Waals surface area contributed by atoms with Crippen molar-refractivity contribution in [1.82, 2.24) is 9.55 Å². The lowest BCUT2D eigenvalue weighted by Crippen LogP contribution is -2.31. The normalized spacial score (nSPS) is 16.0. The maximum absolute atomic E-state index is 13.5. The molecule has 1 aliphatic heterocycles. The van der Waals surface area contributed by atoms with Gasteiger partial charge in [0.1, 0.15) is 17.6 Å². The second-order valence-corrected chi connectivity index (χ2v) is 8.09. The van der Waals surface area contributed by atoms with E-state index in [0.29, 0.717) is 24.5 Å². The summed E-state index contributed by atoms with van der Waals surface area (Å²) in [6.45, 7) is 2.47. The SMILES string of the molecule is CCOc1ccc(N2C(=O)CC(n3c(CCc4ccccc4)nc4ccccc43)C2=O)cc1. The number of carbonyl (C=O) groups is 2. The van der Waals surface area contributed by atoms with Crippen LogP contribution in [0.1, 0.15) is 30.8 Å². The first-order valence-electron chi connectivity index (χ1n) is 11.2. The second-order valence-electron chi connectivity index (χ2n) is 8.09. The van der Waals surface area contributed by atoms with Crippen LogP contribution in [0, 0.1) is 0 Å². The summed E-state index contributed by atoms with van der Waals surface area (Å²) in [4.78, 5) is 32.6. The molecule has 1 unspecified atom stereocenters. The minimum absolute atomic E-state index is 0.116. The number of anilines is 1. The van der Waals surface area contributed by atoms with E-state index in [1.54, 1.807) is 24.3 Å². The van der Waals surface area contributed by atoms with Crippen LogP contribution in [0.25, 0.3) is 11.0 Å². The minimum Gasteiger partial charge on any atom is -0.494 e. The van der Waals surface area contributed by atoms with Crippen molar-refractivity contribution in [2.45, 2.75) is 32.2 Å². The predicted molar refractivity (Wildman–Crippen MR) is 127 cm³/mol. The highest BCUT2D eigenvalue weighted by Crippen LogP contribution is 2.34. The highest BCUT2D eigenvalue weighted by atomic mass is 16.5. The van der Waals surface area contributed by atoms with Crippen LogP contribution in [0.2, 0.25) is 0 Å². The van der Waals surface area contributed by atoms with Gasteiger partial charge in [-0.1, -0.05) is 42.5 Å². The summed E-state index contributed by atoms with van der Waals surface area (Å²) in [7, 11) is 0. The van der Waals surface area contributed by atoms with Gasteiger partial charge in [-0.15, -0.1) is 0 Å². The van der Waals surface area contributed by atoms with Crippen molar-refractivity contribution in [2.75, 3.05) is 11.5 Å². The fraction of sp³-hybridized carbons (Fsp3) is 0.222. The van der Waals surface area contributed by atoms with Crippen molar-refractivity contribution in [3.63, 3.8) is 0 Å². The number of rotatable bonds is 7. The monoisotopic (exact) mass is 439 g/mol. The quantitative estimate of drug-likeness (QED) is 0.391. The fourth-order valence-corrected chi connectivity index (χ4v) is 4.47. The maximum atomic E-state index is 13.5. The lowest BCUT2D eigenvalue weighted by Gasteiger charge is -2.18. The first-order valence-corrected chi connectivity index (χ1v) is 11.2. The number of fused-ring (bicyclic) bond motifs is 1. The van der Waals surface area contributed by atoms with Gasteiger partial charge in [-0.05, 0) is 55.3 Å². The first-order chi connectivity index (χ1) is 16.2. The first kappa shape index (κ1) is 20.9. The zero-order valence-electron chi connectivity index (χ0n) is 18.5.